The van der Waals surface area contributed by atoms with Crippen LogP contribution < -0.4 is 5.32 Å². The number of nitrogens with one attached hydrogen (secondary N) is 1. The number of aryl methyl sites for hydroxylation is 1. The number of methoxy groups -OCH3 is 1. The molecule has 1 N–H and O–H groups in total. The van der Waals surface area contributed by atoms with Crippen LogP contribution in [0.1, 0.15) is 49.8 Å². The highest BCUT2D eigenvalue weighted by atomic mass is 16.5. The Balaban J connectivity index is 1.80. The summed E-state index contributed by atoms with van der Waals surface area (Å²) in [4.78, 5) is 40.2. The van der Waals surface area contributed by atoms with Gasteiger partial charge in [-0.1, -0.05) is 60.7 Å². The minimum Gasteiger partial charge on any atom is -0.468 e. The molecule has 1 fully saturated rings. The molecule has 0 aromatic heterocycles. The monoisotopic (exact) mass is 466 g/mol. The summed E-state index contributed by atoms with van der Waals surface area (Å²) < 4.78 is 10.2. The third-order valence-electron chi connectivity index (χ3n) is 6.18. The van der Waals surface area contributed by atoms with Gasteiger partial charge in [-0.2, -0.15) is 0 Å². The van der Waals surface area contributed by atoms with Crippen LogP contribution in [0.2, 0.25) is 0 Å². The number of esters is 2. The van der Waals surface area contributed by atoms with Gasteiger partial charge in [-0.15, -0.1) is 0 Å². The molecule has 3 atom stereocenters. The fraction of sp³-hybridized carbons (Fsp3) is 0.444. The Morgan fingerprint density at radius 3 is 2.38 bits per heavy atom. The molecule has 1 aliphatic rings. The molecule has 0 saturated carbocycles. The second-order valence-electron chi connectivity index (χ2n) is 8.45. The smallest absolute Gasteiger partial charge is 0.325 e. The molecule has 1 saturated heterocycles. The fourth-order valence-electron chi connectivity index (χ4n) is 4.43. The zero-order chi connectivity index (χ0) is 24.3. The van der Waals surface area contributed by atoms with Crippen LogP contribution in [0, 0.1) is 0 Å². The molecule has 1 heterocycles. The molecular weight excluding hydrogens is 432 g/mol. The normalized spacial score (nSPS) is 19.2. The molecule has 0 aliphatic carbocycles. The fourth-order valence-corrected chi connectivity index (χ4v) is 4.43. The van der Waals surface area contributed by atoms with Crippen molar-refractivity contribution < 1.29 is 23.9 Å². The Hall–Kier alpha value is -3.19. The standard InChI is InChI=1S/C27H34N2O5/c1-3-34-27(32)23(18-17-20-11-6-4-7-12-20)28-22-15-10-16-24(21-13-8-5-9-14-21)29(26(22)31)19-25(30)33-2/h4-9,11-14,22-24,28H,3,10,15-19H2,1-2H3. The molecule has 1 amide bonds. The second-order valence-corrected chi connectivity index (χ2v) is 8.45. The lowest BCUT2D eigenvalue weighted by Crippen LogP contribution is -2.53. The molecule has 182 valence electrons. The van der Waals surface area contributed by atoms with Crippen LogP contribution in [-0.2, 0) is 30.3 Å². The summed E-state index contributed by atoms with van der Waals surface area (Å²) in [5, 5.41) is 3.28. The Morgan fingerprint density at radius 2 is 1.74 bits per heavy atom. The predicted octanol–water partition coefficient (Wildman–Crippen LogP) is 3.44. The number of hydrogen-bond donors (Lipinski definition) is 1. The molecule has 7 nitrogen and oxygen atoms in total. The number of carbonyl (C=O) groups excluding carboxylic acids is 3. The summed E-state index contributed by atoms with van der Waals surface area (Å²) in [5.74, 6) is -1.04. The molecule has 1 aliphatic heterocycles. The molecule has 3 unspecified atom stereocenters. The highest BCUT2D eigenvalue weighted by molar-refractivity contribution is 5.87. The maximum atomic E-state index is 13.7. The van der Waals surface area contributed by atoms with Gasteiger partial charge in [0.15, 0.2) is 0 Å². The van der Waals surface area contributed by atoms with Crippen LogP contribution in [0.25, 0.3) is 0 Å². The molecule has 7 heteroatoms. The number of ether oxygens (including phenoxy) is 2. The van der Waals surface area contributed by atoms with Gasteiger partial charge >= 0.3 is 11.9 Å². The maximum absolute atomic E-state index is 13.7. The first-order chi connectivity index (χ1) is 16.5. The molecule has 0 bridgehead atoms. The average Bonchev–Trinajstić information content (AvgIpc) is 3.01. The van der Waals surface area contributed by atoms with Crippen molar-refractivity contribution in [2.24, 2.45) is 0 Å². The SMILES string of the molecule is CCOC(=O)C(CCc1ccccc1)NC1CCCC(c2ccccc2)N(CC(=O)OC)C1=O. The number of hydrogen-bond acceptors (Lipinski definition) is 6. The Bertz CT molecular complexity index is 935. The van der Waals surface area contributed by atoms with Gasteiger partial charge in [-0.25, -0.2) is 0 Å². The Kier molecular flexibility index (Phi) is 9.64. The van der Waals surface area contributed by atoms with E-state index in [1.54, 1.807) is 11.8 Å². The van der Waals surface area contributed by atoms with Gasteiger partial charge in [-0.3, -0.25) is 19.7 Å². The molecule has 0 spiro atoms. The van der Waals surface area contributed by atoms with E-state index in [4.69, 9.17) is 9.47 Å². The summed E-state index contributed by atoms with van der Waals surface area (Å²) in [5.41, 5.74) is 2.09. The Morgan fingerprint density at radius 1 is 1.06 bits per heavy atom. The van der Waals surface area contributed by atoms with Crippen molar-refractivity contribution >= 4 is 17.8 Å². The molecule has 0 radical (unpaired) electrons. The van der Waals surface area contributed by atoms with Crippen molar-refractivity contribution in [3.63, 3.8) is 0 Å². The Labute approximate surface area is 201 Å². The minimum absolute atomic E-state index is 0.138. The van der Waals surface area contributed by atoms with Crippen molar-refractivity contribution in [3.8, 4) is 0 Å². The average molecular weight is 467 g/mol. The minimum atomic E-state index is -0.623. The van der Waals surface area contributed by atoms with E-state index in [2.05, 4.69) is 5.32 Å². The summed E-state index contributed by atoms with van der Waals surface area (Å²) in [7, 11) is 1.32. The highest BCUT2D eigenvalue weighted by Crippen LogP contribution is 2.31. The lowest BCUT2D eigenvalue weighted by atomic mass is 10.0. The van der Waals surface area contributed by atoms with Crippen molar-refractivity contribution in [3.05, 3.63) is 71.8 Å². The number of nitrogens with zero attached hydrogens (tertiary/aromatic N) is 1. The van der Waals surface area contributed by atoms with E-state index in [1.165, 1.54) is 7.11 Å². The van der Waals surface area contributed by atoms with Gasteiger partial charge in [0.1, 0.15) is 12.6 Å². The zero-order valence-corrected chi connectivity index (χ0v) is 19.9. The molecule has 2 aromatic rings. The van der Waals surface area contributed by atoms with Crippen LogP contribution in [0.15, 0.2) is 60.7 Å². The number of rotatable bonds is 10. The van der Waals surface area contributed by atoms with Crippen molar-refractivity contribution in [2.45, 2.75) is 57.2 Å². The lowest BCUT2D eigenvalue weighted by molar-refractivity contribution is -0.150. The molecule has 3 rings (SSSR count). The second kappa shape index (κ2) is 12.9. The van der Waals surface area contributed by atoms with E-state index in [1.807, 2.05) is 60.7 Å². The van der Waals surface area contributed by atoms with Gasteiger partial charge in [0.25, 0.3) is 0 Å². The highest BCUT2D eigenvalue weighted by Gasteiger charge is 2.37. The van der Waals surface area contributed by atoms with Crippen LogP contribution in [0.3, 0.4) is 0 Å². The maximum Gasteiger partial charge on any atom is 0.325 e. The van der Waals surface area contributed by atoms with Crippen molar-refractivity contribution in [1.82, 2.24) is 10.2 Å². The summed E-state index contributed by atoms with van der Waals surface area (Å²) in [6, 6.07) is 18.2. The largest absolute Gasteiger partial charge is 0.468 e. The molecular formula is C27H34N2O5. The quantitative estimate of drug-likeness (QED) is 0.540. The summed E-state index contributed by atoms with van der Waals surface area (Å²) in [6.45, 7) is 1.90. The molecule has 2 aromatic carbocycles. The van der Waals surface area contributed by atoms with Gasteiger partial charge in [-0.05, 0) is 50.2 Å². The third-order valence-corrected chi connectivity index (χ3v) is 6.18. The van der Waals surface area contributed by atoms with Crippen LogP contribution in [0.4, 0.5) is 0 Å². The van der Waals surface area contributed by atoms with E-state index in [0.29, 0.717) is 19.3 Å². The van der Waals surface area contributed by atoms with Crippen LogP contribution in [0.5, 0.6) is 0 Å². The van der Waals surface area contributed by atoms with E-state index in [0.717, 1.165) is 24.0 Å². The predicted molar refractivity (Wildman–Crippen MR) is 129 cm³/mol. The summed E-state index contributed by atoms with van der Waals surface area (Å²) >= 11 is 0. The van der Waals surface area contributed by atoms with Gasteiger partial charge in [0.2, 0.25) is 5.91 Å². The third kappa shape index (κ3) is 6.90. The van der Waals surface area contributed by atoms with Crippen molar-refractivity contribution in [1.29, 1.82) is 0 Å². The number of benzene rings is 2. The number of carbonyl (C=O) groups is 3. The van der Waals surface area contributed by atoms with Gasteiger partial charge < -0.3 is 14.4 Å². The number of likely N-dealkylation sites (tertiary alicyclic amines) is 1. The van der Waals surface area contributed by atoms with E-state index in [9.17, 15) is 14.4 Å². The van der Waals surface area contributed by atoms with Crippen molar-refractivity contribution in [2.75, 3.05) is 20.3 Å². The number of amides is 1. The first kappa shape index (κ1) is 25.4. The zero-order valence-electron chi connectivity index (χ0n) is 19.9. The topological polar surface area (TPSA) is 84.9 Å². The van der Waals surface area contributed by atoms with Crippen LogP contribution >= 0.6 is 0 Å². The summed E-state index contributed by atoms with van der Waals surface area (Å²) in [6.07, 6.45) is 3.25. The van der Waals surface area contributed by atoms with Gasteiger partial charge in [0.05, 0.1) is 25.8 Å². The lowest BCUT2D eigenvalue weighted by Gasteiger charge is -2.32. The first-order valence-electron chi connectivity index (χ1n) is 11.9. The van der Waals surface area contributed by atoms with E-state index >= 15 is 0 Å². The van der Waals surface area contributed by atoms with E-state index < -0.39 is 18.1 Å². The first-order valence-corrected chi connectivity index (χ1v) is 11.9. The van der Waals surface area contributed by atoms with Gasteiger partial charge in [0, 0.05) is 0 Å². The molecule has 34 heavy (non-hydrogen) atoms. The van der Waals surface area contributed by atoms with Crippen LogP contribution in [-0.4, -0.2) is 55.1 Å². The van der Waals surface area contributed by atoms with E-state index in [-0.39, 0.29) is 31.1 Å².